The highest BCUT2D eigenvalue weighted by Gasteiger charge is 2.21. The van der Waals surface area contributed by atoms with Crippen molar-refractivity contribution >= 4 is 17.4 Å². The topological polar surface area (TPSA) is 67.3 Å². The van der Waals surface area contributed by atoms with Crippen molar-refractivity contribution < 1.29 is 9.53 Å². The Bertz CT molecular complexity index is 974. The first-order valence-electron chi connectivity index (χ1n) is 9.58. The highest BCUT2D eigenvalue weighted by atomic mass is 16.5. The number of carbonyl (C=O) groups is 1. The molecule has 6 heteroatoms. The molecule has 0 saturated heterocycles. The Balaban J connectivity index is 1.88. The molecule has 0 unspecified atom stereocenters. The van der Waals surface area contributed by atoms with Crippen molar-refractivity contribution in [2.75, 3.05) is 12.4 Å². The number of anilines is 2. The lowest BCUT2D eigenvalue weighted by Crippen LogP contribution is -2.37. The number of amides is 1. The van der Waals surface area contributed by atoms with Crippen LogP contribution in [0.4, 0.5) is 11.5 Å². The largest absolute Gasteiger partial charge is 0.495 e. The molecule has 0 bridgehead atoms. The molecule has 0 aliphatic carbocycles. The highest BCUT2D eigenvalue weighted by Crippen LogP contribution is 2.26. The Labute approximate surface area is 171 Å². The summed E-state index contributed by atoms with van der Waals surface area (Å²) in [4.78, 5) is 23.9. The Morgan fingerprint density at radius 1 is 1.07 bits per heavy atom. The van der Waals surface area contributed by atoms with Crippen molar-refractivity contribution in [1.82, 2.24) is 14.9 Å². The summed E-state index contributed by atoms with van der Waals surface area (Å²) in [5.74, 6) is 1.65. The SMILES string of the molecule is COc1ccccc1Nc1cc(C(=O)N(Cc2ccccc2)C(C)C)nc(C)n1. The van der Waals surface area contributed by atoms with E-state index in [2.05, 4.69) is 15.3 Å². The third-order valence-electron chi connectivity index (χ3n) is 4.51. The molecule has 29 heavy (non-hydrogen) atoms. The monoisotopic (exact) mass is 390 g/mol. The number of rotatable bonds is 7. The normalized spacial score (nSPS) is 10.7. The average Bonchev–Trinajstić information content (AvgIpc) is 2.72. The molecule has 6 nitrogen and oxygen atoms in total. The van der Waals surface area contributed by atoms with Gasteiger partial charge in [-0.1, -0.05) is 42.5 Å². The van der Waals surface area contributed by atoms with E-state index in [1.54, 1.807) is 20.1 Å². The third kappa shape index (κ3) is 5.10. The number of hydrogen-bond donors (Lipinski definition) is 1. The number of benzene rings is 2. The van der Waals surface area contributed by atoms with Crippen molar-refractivity contribution in [1.29, 1.82) is 0 Å². The standard InChI is InChI=1S/C23H26N4O2/c1-16(2)27(15-18-10-6-5-7-11-18)23(28)20-14-22(25-17(3)24-20)26-19-12-8-9-13-21(19)29-4/h5-14,16H,15H2,1-4H3,(H,24,25,26). The fourth-order valence-corrected chi connectivity index (χ4v) is 3.04. The van der Waals surface area contributed by atoms with E-state index >= 15 is 0 Å². The second-order valence-electron chi connectivity index (χ2n) is 7.02. The first-order valence-corrected chi connectivity index (χ1v) is 9.58. The van der Waals surface area contributed by atoms with E-state index in [0.717, 1.165) is 11.3 Å². The lowest BCUT2D eigenvalue weighted by atomic mass is 10.1. The molecule has 0 aliphatic heterocycles. The van der Waals surface area contributed by atoms with Crippen LogP contribution < -0.4 is 10.1 Å². The lowest BCUT2D eigenvalue weighted by molar-refractivity contribution is 0.0684. The van der Waals surface area contributed by atoms with E-state index in [1.165, 1.54) is 0 Å². The molecule has 150 valence electrons. The van der Waals surface area contributed by atoms with Crippen LogP contribution in [0.5, 0.6) is 5.75 Å². The summed E-state index contributed by atoms with van der Waals surface area (Å²) in [5.41, 5.74) is 2.21. The van der Waals surface area contributed by atoms with Gasteiger partial charge in [0.1, 0.15) is 23.1 Å². The molecule has 3 aromatic rings. The molecule has 0 atom stereocenters. The molecule has 1 amide bonds. The van der Waals surface area contributed by atoms with Crippen molar-refractivity contribution in [3.8, 4) is 5.75 Å². The summed E-state index contributed by atoms with van der Waals surface area (Å²) in [7, 11) is 1.62. The molecular formula is C23H26N4O2. The zero-order valence-corrected chi connectivity index (χ0v) is 17.2. The minimum absolute atomic E-state index is 0.0311. The van der Waals surface area contributed by atoms with E-state index in [1.807, 2.05) is 73.3 Å². The zero-order valence-electron chi connectivity index (χ0n) is 17.2. The number of methoxy groups -OCH3 is 1. The van der Waals surface area contributed by atoms with Gasteiger partial charge in [0, 0.05) is 18.7 Å². The van der Waals surface area contributed by atoms with Gasteiger partial charge in [-0.2, -0.15) is 0 Å². The Kier molecular flexibility index (Phi) is 6.44. The maximum absolute atomic E-state index is 13.3. The van der Waals surface area contributed by atoms with Gasteiger partial charge >= 0.3 is 0 Å². The van der Waals surface area contributed by atoms with Crippen LogP contribution in [0.3, 0.4) is 0 Å². The van der Waals surface area contributed by atoms with Gasteiger partial charge in [-0.15, -0.1) is 0 Å². The minimum Gasteiger partial charge on any atom is -0.495 e. The molecule has 2 aromatic carbocycles. The minimum atomic E-state index is -0.127. The van der Waals surface area contributed by atoms with Crippen LogP contribution in [-0.4, -0.2) is 33.9 Å². The molecule has 3 rings (SSSR count). The second-order valence-corrected chi connectivity index (χ2v) is 7.02. The van der Waals surface area contributed by atoms with Crippen LogP contribution in [-0.2, 0) is 6.54 Å². The Hall–Kier alpha value is -3.41. The number of hydrogen-bond acceptors (Lipinski definition) is 5. The van der Waals surface area contributed by atoms with Gasteiger partial charge in [0.2, 0.25) is 0 Å². The smallest absolute Gasteiger partial charge is 0.273 e. The van der Waals surface area contributed by atoms with E-state index in [0.29, 0.717) is 29.6 Å². The van der Waals surface area contributed by atoms with E-state index in [4.69, 9.17) is 4.74 Å². The van der Waals surface area contributed by atoms with Crippen molar-refractivity contribution in [3.05, 3.63) is 77.7 Å². The van der Waals surface area contributed by atoms with Crippen LogP contribution in [0.25, 0.3) is 0 Å². The summed E-state index contributed by atoms with van der Waals surface area (Å²) >= 11 is 0. The number of carbonyl (C=O) groups excluding carboxylic acids is 1. The summed E-state index contributed by atoms with van der Waals surface area (Å²) < 4.78 is 5.38. The molecule has 1 heterocycles. The van der Waals surface area contributed by atoms with Gasteiger partial charge < -0.3 is 15.0 Å². The zero-order chi connectivity index (χ0) is 20.8. The van der Waals surface area contributed by atoms with Crippen LogP contribution in [0.15, 0.2) is 60.7 Å². The predicted octanol–water partition coefficient (Wildman–Crippen LogP) is 4.59. The van der Waals surface area contributed by atoms with Gasteiger partial charge in [-0.3, -0.25) is 4.79 Å². The fraction of sp³-hybridized carbons (Fsp3) is 0.261. The van der Waals surface area contributed by atoms with Gasteiger partial charge in [0.25, 0.3) is 5.91 Å². The van der Waals surface area contributed by atoms with E-state index in [-0.39, 0.29) is 11.9 Å². The number of aryl methyl sites for hydroxylation is 1. The maximum Gasteiger partial charge on any atom is 0.273 e. The lowest BCUT2D eigenvalue weighted by Gasteiger charge is -2.27. The summed E-state index contributed by atoms with van der Waals surface area (Å²) in [6, 6.07) is 19.2. The molecule has 1 N–H and O–H groups in total. The first-order chi connectivity index (χ1) is 14.0. The summed E-state index contributed by atoms with van der Waals surface area (Å²) in [6.07, 6.45) is 0. The van der Waals surface area contributed by atoms with Gasteiger partial charge in [0.05, 0.1) is 12.8 Å². The van der Waals surface area contributed by atoms with Crippen LogP contribution >= 0.6 is 0 Å². The van der Waals surface area contributed by atoms with Gasteiger partial charge in [0.15, 0.2) is 0 Å². The van der Waals surface area contributed by atoms with Gasteiger partial charge in [-0.05, 0) is 38.5 Å². The number of para-hydroxylation sites is 2. The molecule has 0 fully saturated rings. The quantitative estimate of drug-likeness (QED) is 0.639. The van der Waals surface area contributed by atoms with E-state index in [9.17, 15) is 4.79 Å². The van der Waals surface area contributed by atoms with E-state index < -0.39 is 0 Å². The first kappa shape index (κ1) is 20.3. The van der Waals surface area contributed by atoms with Crippen molar-refractivity contribution in [2.45, 2.75) is 33.4 Å². The van der Waals surface area contributed by atoms with Crippen LogP contribution in [0, 0.1) is 6.92 Å². The van der Waals surface area contributed by atoms with Crippen molar-refractivity contribution in [2.24, 2.45) is 0 Å². The van der Waals surface area contributed by atoms with Crippen LogP contribution in [0.1, 0.15) is 35.7 Å². The Morgan fingerprint density at radius 3 is 2.45 bits per heavy atom. The fourth-order valence-electron chi connectivity index (χ4n) is 3.04. The molecule has 0 aliphatic rings. The molecule has 1 aromatic heterocycles. The average molecular weight is 390 g/mol. The third-order valence-corrected chi connectivity index (χ3v) is 4.51. The number of ether oxygens (including phenoxy) is 1. The molecule has 0 radical (unpaired) electrons. The maximum atomic E-state index is 13.3. The highest BCUT2D eigenvalue weighted by molar-refractivity contribution is 5.93. The molecule has 0 spiro atoms. The van der Waals surface area contributed by atoms with Gasteiger partial charge in [-0.25, -0.2) is 9.97 Å². The van der Waals surface area contributed by atoms with Crippen LogP contribution in [0.2, 0.25) is 0 Å². The summed E-state index contributed by atoms with van der Waals surface area (Å²) in [6.45, 7) is 6.31. The number of nitrogens with zero attached hydrogens (tertiary/aromatic N) is 3. The number of aromatic nitrogens is 2. The molecular weight excluding hydrogens is 364 g/mol. The predicted molar refractivity (Wildman–Crippen MR) is 114 cm³/mol. The number of nitrogens with one attached hydrogen (secondary N) is 1. The second kappa shape index (κ2) is 9.19. The summed E-state index contributed by atoms with van der Waals surface area (Å²) in [5, 5.41) is 3.23. The molecule has 0 saturated carbocycles. The Morgan fingerprint density at radius 2 is 1.76 bits per heavy atom. The van der Waals surface area contributed by atoms with Crippen molar-refractivity contribution in [3.63, 3.8) is 0 Å².